The van der Waals surface area contributed by atoms with Crippen molar-refractivity contribution in [1.29, 1.82) is 0 Å². The number of phenolic OH excluding ortho intramolecular Hbond substituents is 1. The number of H-pyrrole nitrogens is 1. The number of aromatic amines is 1. The fraction of sp³-hybridized carbons (Fsp3) is 0.105. The number of carbonyl (C=O) groups is 4. The molecule has 2 aliphatic rings. The third kappa shape index (κ3) is 6.31. The number of hydrogen-bond donors (Lipinski definition) is 3. The van der Waals surface area contributed by atoms with Crippen molar-refractivity contribution in [3.63, 3.8) is 0 Å². The summed E-state index contributed by atoms with van der Waals surface area (Å²) in [5.41, 5.74) is 2.48. The third-order valence-electron chi connectivity index (χ3n) is 8.13. The van der Waals surface area contributed by atoms with E-state index in [0.29, 0.717) is 16.7 Å². The first-order valence-corrected chi connectivity index (χ1v) is 15.2. The fourth-order valence-electron chi connectivity index (χ4n) is 5.75. The molecule has 1 aliphatic carbocycles. The number of fused-ring (bicyclic) bond motifs is 1. The van der Waals surface area contributed by atoms with Gasteiger partial charge in [-0.05, 0) is 66.3 Å². The lowest BCUT2D eigenvalue weighted by Crippen LogP contribution is -2.28. The Balaban J connectivity index is 1.51. The molecule has 0 atom stereocenters. The normalized spacial score (nSPS) is 14.4. The number of allylic oxidation sites excluding steroid dienone is 4. The number of methoxy groups -OCH3 is 4. The highest BCUT2D eigenvalue weighted by atomic mass is 16.6. The topological polar surface area (TPSA) is 174 Å². The Bertz CT molecular complexity index is 2240. The van der Waals surface area contributed by atoms with Crippen molar-refractivity contribution in [2.75, 3.05) is 33.3 Å². The van der Waals surface area contributed by atoms with Gasteiger partial charge in [-0.1, -0.05) is 18.2 Å². The highest BCUT2D eigenvalue weighted by Crippen LogP contribution is 2.43. The highest BCUT2D eigenvalue weighted by molar-refractivity contribution is 6.34. The van der Waals surface area contributed by atoms with Crippen molar-refractivity contribution < 1.29 is 53.1 Å². The highest BCUT2D eigenvalue weighted by Gasteiger charge is 2.37. The van der Waals surface area contributed by atoms with Crippen molar-refractivity contribution in [3.05, 3.63) is 125 Å². The van der Waals surface area contributed by atoms with Crippen LogP contribution in [0, 0.1) is 0 Å². The number of Topliss-reactive ketones (excluding diaryl/α,β-unsaturated/α-hetero) is 1. The molecule has 258 valence electrons. The molecule has 0 bridgehead atoms. The number of nitrogens with one attached hydrogen (secondary N) is 1. The van der Waals surface area contributed by atoms with E-state index in [1.165, 1.54) is 75.8 Å². The summed E-state index contributed by atoms with van der Waals surface area (Å²) in [6.45, 7) is 0. The average Bonchev–Trinajstić information content (AvgIpc) is 3.71. The van der Waals surface area contributed by atoms with E-state index in [9.17, 15) is 24.3 Å². The van der Waals surface area contributed by atoms with Crippen LogP contribution in [0.15, 0.2) is 108 Å². The minimum absolute atomic E-state index is 0.0342. The summed E-state index contributed by atoms with van der Waals surface area (Å²) in [4.78, 5) is 57.0. The summed E-state index contributed by atoms with van der Waals surface area (Å²) in [5.74, 6) is -3.62. The van der Waals surface area contributed by atoms with Crippen molar-refractivity contribution in [2.24, 2.45) is 0 Å². The van der Waals surface area contributed by atoms with Crippen LogP contribution in [-0.4, -0.2) is 67.3 Å². The van der Waals surface area contributed by atoms with Crippen LogP contribution in [0.4, 0.5) is 5.69 Å². The molecule has 0 unspecified atom stereocenters. The van der Waals surface area contributed by atoms with Gasteiger partial charge in [-0.3, -0.25) is 14.5 Å². The zero-order valence-corrected chi connectivity index (χ0v) is 27.7. The first-order chi connectivity index (χ1) is 24.6. The molecule has 6 rings (SSSR count). The lowest BCUT2D eigenvalue weighted by Gasteiger charge is -2.24. The monoisotopic (exact) mass is 690 g/mol. The number of aromatic hydroxyl groups is 1. The number of esters is 1. The Hall–Kier alpha value is -7.02. The van der Waals surface area contributed by atoms with E-state index in [-0.39, 0.29) is 57.0 Å². The van der Waals surface area contributed by atoms with Crippen LogP contribution in [0.2, 0.25) is 0 Å². The molecule has 0 fully saturated rings. The Morgan fingerprint density at radius 1 is 0.843 bits per heavy atom. The number of carbonyl (C=O) groups excluding carboxylic acids is 3. The van der Waals surface area contributed by atoms with Crippen molar-refractivity contribution in [1.82, 2.24) is 4.98 Å². The van der Waals surface area contributed by atoms with Crippen LogP contribution >= 0.6 is 0 Å². The van der Waals surface area contributed by atoms with Crippen molar-refractivity contribution in [3.8, 4) is 23.0 Å². The van der Waals surface area contributed by atoms with Crippen LogP contribution in [0.3, 0.4) is 0 Å². The quantitative estimate of drug-likeness (QED) is 0.108. The van der Waals surface area contributed by atoms with Gasteiger partial charge >= 0.3 is 11.9 Å². The van der Waals surface area contributed by atoms with Gasteiger partial charge in [-0.15, -0.1) is 0 Å². The van der Waals surface area contributed by atoms with Gasteiger partial charge in [-0.25, -0.2) is 9.59 Å². The maximum absolute atomic E-state index is 14.6. The molecule has 1 amide bonds. The number of phenols is 1. The van der Waals surface area contributed by atoms with E-state index in [1.807, 2.05) is 24.3 Å². The molecule has 2 heterocycles. The van der Waals surface area contributed by atoms with Gasteiger partial charge < -0.3 is 38.9 Å². The lowest BCUT2D eigenvalue weighted by atomic mass is 10.0. The lowest BCUT2D eigenvalue weighted by molar-refractivity contribution is -0.131. The second-order valence-corrected chi connectivity index (χ2v) is 11.1. The van der Waals surface area contributed by atoms with E-state index < -0.39 is 23.6 Å². The molecule has 0 spiro atoms. The first-order valence-electron chi connectivity index (χ1n) is 15.2. The Morgan fingerprint density at radius 3 is 2.14 bits per heavy atom. The van der Waals surface area contributed by atoms with Crippen LogP contribution in [-0.2, 0) is 23.9 Å². The predicted octanol–water partition coefficient (Wildman–Crippen LogP) is 5.54. The summed E-state index contributed by atoms with van der Waals surface area (Å²) in [6.07, 6.45) is 8.50. The third-order valence-corrected chi connectivity index (χ3v) is 8.13. The maximum atomic E-state index is 14.6. The molecule has 0 radical (unpaired) electrons. The van der Waals surface area contributed by atoms with Crippen molar-refractivity contribution >= 4 is 51.9 Å². The summed E-state index contributed by atoms with van der Waals surface area (Å²) in [7, 11) is 5.32. The van der Waals surface area contributed by atoms with E-state index in [0.717, 1.165) is 23.0 Å². The van der Waals surface area contributed by atoms with Crippen molar-refractivity contribution in [2.45, 2.75) is 0 Å². The molecule has 1 aliphatic heterocycles. The number of benzene rings is 3. The van der Waals surface area contributed by atoms with Crippen LogP contribution < -0.4 is 19.1 Å². The van der Waals surface area contributed by atoms with E-state index in [4.69, 9.17) is 28.8 Å². The van der Waals surface area contributed by atoms with Gasteiger partial charge in [0.05, 0.1) is 51.0 Å². The van der Waals surface area contributed by atoms with Gasteiger partial charge in [0.15, 0.2) is 23.0 Å². The number of nitrogens with zero attached hydrogens (tertiary/aromatic N) is 1. The zero-order chi connectivity index (χ0) is 36.4. The molecule has 1 aromatic heterocycles. The Kier molecular flexibility index (Phi) is 9.19. The Labute approximate surface area is 290 Å². The first kappa shape index (κ1) is 33.9. The number of para-hydroxylation sites is 1. The number of carboxylic acids is 1. The van der Waals surface area contributed by atoms with Gasteiger partial charge in [-0.2, -0.15) is 0 Å². The summed E-state index contributed by atoms with van der Waals surface area (Å²) < 4.78 is 27.4. The van der Waals surface area contributed by atoms with E-state index in [2.05, 4.69) is 4.98 Å². The molecule has 51 heavy (non-hydrogen) atoms. The maximum Gasteiger partial charge on any atom is 0.346 e. The van der Waals surface area contributed by atoms with E-state index >= 15 is 0 Å². The molecular weight excluding hydrogens is 660 g/mol. The average molecular weight is 691 g/mol. The van der Waals surface area contributed by atoms with Crippen LogP contribution in [0.25, 0.3) is 22.6 Å². The molecular formula is C38H30N2O11. The molecule has 13 heteroatoms. The number of aliphatic carboxylic acids is 1. The predicted molar refractivity (Wildman–Crippen MR) is 185 cm³/mol. The number of ether oxygens (including phenoxy) is 5. The number of anilines is 1. The number of aromatic nitrogens is 1. The molecule has 0 saturated heterocycles. The standard InChI is InChI=1S/C38H30N2O11/c1-47-30-15-21(16-31(48-2)35(30)44)29-18-24(26-19-39-27-8-6-5-7-23(26)27)37(45)40(29)28-11-10-22(41)17-25(28)38(46)51-36-32(49-3)13-20(9-12-34(42)43)14-33(36)50-4/h5-19,39,41H,1-4H3,(H,42,43)/b12-9+. The molecule has 4 aromatic rings. The SMILES string of the molecule is COC1=CC(=C2C=C(c3c[nH]c4ccccc34)C(=O)N2c2ccc(O)cc2C(=O)Oc2c(OC)cc(/C=C/C(=O)O)cc2OC)C=C(OC)C1=O. The number of rotatable bonds is 10. The van der Waals surface area contributed by atoms with E-state index in [1.54, 1.807) is 12.3 Å². The number of hydrogen-bond acceptors (Lipinski definition) is 10. The van der Waals surface area contributed by atoms with Gasteiger partial charge in [0.25, 0.3) is 11.7 Å². The van der Waals surface area contributed by atoms with Gasteiger partial charge in [0.2, 0.25) is 5.75 Å². The minimum Gasteiger partial charge on any atom is -0.508 e. The van der Waals surface area contributed by atoms with Crippen LogP contribution in [0.1, 0.15) is 21.5 Å². The number of amides is 1. The molecule has 0 saturated carbocycles. The smallest absolute Gasteiger partial charge is 0.346 e. The van der Waals surface area contributed by atoms with Crippen LogP contribution in [0.5, 0.6) is 23.0 Å². The van der Waals surface area contributed by atoms with Gasteiger partial charge in [0, 0.05) is 34.3 Å². The second-order valence-electron chi connectivity index (χ2n) is 11.1. The second kappa shape index (κ2) is 13.8. The van der Waals surface area contributed by atoms with Gasteiger partial charge in [0.1, 0.15) is 5.75 Å². The summed E-state index contributed by atoms with van der Waals surface area (Å²) >= 11 is 0. The number of carboxylic acid groups (broad SMARTS) is 1. The molecule has 13 nitrogen and oxygen atoms in total. The zero-order valence-electron chi connectivity index (χ0n) is 27.7. The minimum atomic E-state index is -1.17. The summed E-state index contributed by atoms with van der Waals surface area (Å²) in [6, 6.07) is 14.2. The number of ketones is 1. The fourth-order valence-corrected chi connectivity index (χ4v) is 5.75. The largest absolute Gasteiger partial charge is 0.508 e. The summed E-state index contributed by atoms with van der Waals surface area (Å²) in [5, 5.41) is 20.4. The Morgan fingerprint density at radius 2 is 1.51 bits per heavy atom. The molecule has 3 aromatic carbocycles. The molecule has 3 N–H and O–H groups in total.